The zero-order chi connectivity index (χ0) is 22.2. The maximum absolute atomic E-state index is 12.8. The average Bonchev–Trinajstić information content (AvgIpc) is 2.83. The van der Waals surface area contributed by atoms with Gasteiger partial charge in [-0.2, -0.15) is 0 Å². The SMILES string of the molecule is O=C(NCCCN1CCCCC1)c1ccccc1Nc1nccc(-c2ccc(Cl)cc2)n1. The van der Waals surface area contributed by atoms with Crippen molar-refractivity contribution >= 4 is 29.1 Å². The standard InChI is InChI=1S/C25H28ClN5O/c26-20-11-9-19(10-12-20)22-13-15-28-25(29-22)30-23-8-3-2-7-21(23)24(32)27-14-6-18-31-16-4-1-5-17-31/h2-3,7-13,15H,1,4-6,14,16-18H2,(H,27,32)(H,28,29,30). The Morgan fingerprint density at radius 1 is 1.00 bits per heavy atom. The molecule has 1 amide bonds. The van der Waals surface area contributed by atoms with Crippen LogP contribution < -0.4 is 10.6 Å². The topological polar surface area (TPSA) is 70.2 Å². The fourth-order valence-corrected chi connectivity index (χ4v) is 4.02. The van der Waals surface area contributed by atoms with Crippen LogP contribution in [0, 0.1) is 0 Å². The molecule has 1 aliphatic heterocycles. The van der Waals surface area contributed by atoms with E-state index in [1.54, 1.807) is 6.20 Å². The molecule has 6 nitrogen and oxygen atoms in total. The number of carbonyl (C=O) groups is 1. The van der Waals surface area contributed by atoms with E-state index in [-0.39, 0.29) is 5.91 Å². The maximum Gasteiger partial charge on any atom is 0.253 e. The van der Waals surface area contributed by atoms with Crippen molar-refractivity contribution < 1.29 is 4.79 Å². The summed E-state index contributed by atoms with van der Waals surface area (Å²) < 4.78 is 0. The van der Waals surface area contributed by atoms with Gasteiger partial charge in [-0.05, 0) is 69.2 Å². The Bertz CT molecular complexity index is 1030. The molecule has 4 rings (SSSR count). The van der Waals surface area contributed by atoms with Gasteiger partial charge in [0.2, 0.25) is 5.95 Å². The van der Waals surface area contributed by atoms with Gasteiger partial charge in [0, 0.05) is 23.3 Å². The molecule has 1 aliphatic rings. The minimum Gasteiger partial charge on any atom is -0.352 e. The van der Waals surface area contributed by atoms with E-state index < -0.39 is 0 Å². The summed E-state index contributed by atoms with van der Waals surface area (Å²) in [5.41, 5.74) is 2.97. The molecule has 166 valence electrons. The Morgan fingerprint density at radius 3 is 2.59 bits per heavy atom. The summed E-state index contributed by atoms with van der Waals surface area (Å²) in [5.74, 6) is 0.336. The molecule has 3 aromatic rings. The van der Waals surface area contributed by atoms with Crippen LogP contribution in [0.1, 0.15) is 36.0 Å². The van der Waals surface area contributed by atoms with Crippen molar-refractivity contribution in [3.8, 4) is 11.3 Å². The molecule has 0 saturated carbocycles. The molecule has 0 bridgehead atoms. The Kier molecular flexibility index (Phi) is 7.69. The second-order valence-electron chi connectivity index (χ2n) is 7.95. The minimum absolute atomic E-state index is 0.0967. The second-order valence-corrected chi connectivity index (χ2v) is 8.39. The Hall–Kier alpha value is -2.96. The van der Waals surface area contributed by atoms with Gasteiger partial charge in [-0.3, -0.25) is 4.79 Å². The molecule has 2 aromatic carbocycles. The fourth-order valence-electron chi connectivity index (χ4n) is 3.89. The molecule has 0 unspecified atom stereocenters. The monoisotopic (exact) mass is 449 g/mol. The second kappa shape index (κ2) is 11.1. The predicted octanol–water partition coefficient (Wildman–Crippen LogP) is 5.15. The number of hydrogen-bond acceptors (Lipinski definition) is 5. The number of nitrogens with zero attached hydrogens (tertiary/aromatic N) is 3. The molecule has 32 heavy (non-hydrogen) atoms. The van der Waals surface area contributed by atoms with E-state index in [0.717, 1.165) is 24.2 Å². The quantitative estimate of drug-likeness (QED) is 0.465. The summed E-state index contributed by atoms with van der Waals surface area (Å²) in [6.07, 6.45) is 6.55. The molecular weight excluding hydrogens is 422 g/mol. The van der Waals surface area contributed by atoms with Gasteiger partial charge in [0.1, 0.15) is 0 Å². The molecule has 1 fully saturated rings. The predicted molar refractivity (Wildman–Crippen MR) is 129 cm³/mol. The number of carbonyl (C=O) groups excluding carboxylic acids is 1. The summed E-state index contributed by atoms with van der Waals surface area (Å²) >= 11 is 5.98. The summed E-state index contributed by atoms with van der Waals surface area (Å²) in [5, 5.41) is 6.93. The van der Waals surface area contributed by atoms with E-state index >= 15 is 0 Å². The van der Waals surface area contributed by atoms with Crippen LogP contribution in [0.3, 0.4) is 0 Å². The Morgan fingerprint density at radius 2 is 1.78 bits per heavy atom. The van der Waals surface area contributed by atoms with Crippen molar-refractivity contribution in [2.45, 2.75) is 25.7 Å². The first-order chi connectivity index (χ1) is 15.7. The third kappa shape index (κ3) is 6.05. The number of hydrogen-bond donors (Lipinski definition) is 2. The van der Waals surface area contributed by atoms with Crippen molar-refractivity contribution in [3.63, 3.8) is 0 Å². The van der Waals surface area contributed by atoms with E-state index in [2.05, 4.69) is 25.5 Å². The molecule has 0 aliphatic carbocycles. The number of para-hydroxylation sites is 1. The highest BCUT2D eigenvalue weighted by Crippen LogP contribution is 2.23. The zero-order valence-electron chi connectivity index (χ0n) is 18.1. The largest absolute Gasteiger partial charge is 0.352 e. The van der Waals surface area contributed by atoms with E-state index in [1.807, 2.05) is 54.6 Å². The number of rotatable bonds is 8. The molecule has 1 aromatic heterocycles. The highest BCUT2D eigenvalue weighted by atomic mass is 35.5. The lowest BCUT2D eigenvalue weighted by molar-refractivity contribution is 0.0952. The molecular formula is C25H28ClN5O. The molecule has 7 heteroatoms. The Balaban J connectivity index is 1.38. The normalized spacial score (nSPS) is 14.2. The number of halogens is 1. The third-order valence-electron chi connectivity index (χ3n) is 5.60. The van der Waals surface area contributed by atoms with Crippen molar-refractivity contribution in [1.29, 1.82) is 0 Å². The number of aromatic nitrogens is 2. The number of likely N-dealkylation sites (tertiary alicyclic amines) is 1. The van der Waals surface area contributed by atoms with Crippen LogP contribution in [0.15, 0.2) is 60.8 Å². The minimum atomic E-state index is -0.0967. The van der Waals surface area contributed by atoms with Crippen LogP contribution in [-0.2, 0) is 0 Å². The number of benzene rings is 2. The Labute approximate surface area is 194 Å². The van der Waals surface area contributed by atoms with Crippen molar-refractivity contribution in [3.05, 3.63) is 71.4 Å². The number of amides is 1. The highest BCUT2D eigenvalue weighted by Gasteiger charge is 2.13. The molecule has 0 radical (unpaired) electrons. The average molecular weight is 450 g/mol. The lowest BCUT2D eigenvalue weighted by Gasteiger charge is -2.26. The zero-order valence-corrected chi connectivity index (χ0v) is 18.8. The first-order valence-electron chi connectivity index (χ1n) is 11.1. The molecule has 0 spiro atoms. The van der Waals surface area contributed by atoms with Gasteiger partial charge in [-0.15, -0.1) is 0 Å². The molecule has 0 atom stereocenters. The molecule has 1 saturated heterocycles. The first-order valence-corrected chi connectivity index (χ1v) is 11.5. The van der Waals surface area contributed by atoms with E-state index in [9.17, 15) is 4.79 Å². The fraction of sp³-hybridized carbons (Fsp3) is 0.320. The van der Waals surface area contributed by atoms with E-state index in [0.29, 0.717) is 28.8 Å². The highest BCUT2D eigenvalue weighted by molar-refractivity contribution is 6.30. The number of nitrogens with one attached hydrogen (secondary N) is 2. The van der Waals surface area contributed by atoms with Crippen LogP contribution in [0.25, 0.3) is 11.3 Å². The van der Waals surface area contributed by atoms with Gasteiger partial charge < -0.3 is 15.5 Å². The van der Waals surface area contributed by atoms with Gasteiger partial charge in [-0.1, -0.05) is 42.3 Å². The van der Waals surface area contributed by atoms with Crippen LogP contribution in [-0.4, -0.2) is 47.0 Å². The number of piperidine rings is 1. The van der Waals surface area contributed by atoms with Crippen molar-refractivity contribution in [1.82, 2.24) is 20.2 Å². The van der Waals surface area contributed by atoms with Crippen LogP contribution >= 0.6 is 11.6 Å². The van der Waals surface area contributed by atoms with Gasteiger partial charge in [0.05, 0.1) is 16.9 Å². The summed E-state index contributed by atoms with van der Waals surface area (Å²) in [6, 6.07) is 16.8. The maximum atomic E-state index is 12.8. The lowest BCUT2D eigenvalue weighted by atomic mass is 10.1. The van der Waals surface area contributed by atoms with E-state index in [1.165, 1.54) is 32.4 Å². The summed E-state index contributed by atoms with van der Waals surface area (Å²) in [6.45, 7) is 4.04. The molecule has 2 heterocycles. The lowest BCUT2D eigenvalue weighted by Crippen LogP contribution is -2.33. The van der Waals surface area contributed by atoms with Gasteiger partial charge in [0.25, 0.3) is 5.91 Å². The smallest absolute Gasteiger partial charge is 0.253 e. The van der Waals surface area contributed by atoms with E-state index in [4.69, 9.17) is 11.6 Å². The summed E-state index contributed by atoms with van der Waals surface area (Å²) in [7, 11) is 0. The van der Waals surface area contributed by atoms with Crippen molar-refractivity contribution in [2.24, 2.45) is 0 Å². The molecule has 2 N–H and O–H groups in total. The third-order valence-corrected chi connectivity index (χ3v) is 5.85. The van der Waals surface area contributed by atoms with Crippen LogP contribution in [0.2, 0.25) is 5.02 Å². The van der Waals surface area contributed by atoms with Gasteiger partial charge in [0.15, 0.2) is 0 Å². The van der Waals surface area contributed by atoms with Gasteiger partial charge >= 0.3 is 0 Å². The van der Waals surface area contributed by atoms with Crippen LogP contribution in [0.4, 0.5) is 11.6 Å². The number of anilines is 2. The van der Waals surface area contributed by atoms with Gasteiger partial charge in [-0.25, -0.2) is 9.97 Å². The first kappa shape index (κ1) is 22.2. The van der Waals surface area contributed by atoms with Crippen molar-refractivity contribution in [2.75, 3.05) is 31.5 Å². The van der Waals surface area contributed by atoms with Crippen LogP contribution in [0.5, 0.6) is 0 Å². The summed E-state index contributed by atoms with van der Waals surface area (Å²) in [4.78, 5) is 24.2.